The highest BCUT2D eigenvalue weighted by Gasteiger charge is 2.14. The van der Waals surface area contributed by atoms with Gasteiger partial charge in [-0.2, -0.15) is 5.10 Å². The molecule has 1 aromatic carbocycles. The van der Waals surface area contributed by atoms with Gasteiger partial charge in [-0.3, -0.25) is 4.79 Å². The molecule has 1 aromatic heterocycles. The first-order chi connectivity index (χ1) is 8.99. The molecule has 100 valence electrons. The highest BCUT2D eigenvalue weighted by Crippen LogP contribution is 2.25. The largest absolute Gasteiger partial charge is 0.481 e. The van der Waals surface area contributed by atoms with Crippen molar-refractivity contribution < 1.29 is 9.90 Å². The maximum Gasteiger partial charge on any atom is 0.303 e. The van der Waals surface area contributed by atoms with Gasteiger partial charge in [-0.25, -0.2) is 4.68 Å². The number of carbonyl (C=O) groups is 1. The van der Waals surface area contributed by atoms with Crippen LogP contribution in [-0.2, 0) is 11.2 Å². The second-order valence-electron chi connectivity index (χ2n) is 4.50. The highest BCUT2D eigenvalue weighted by atomic mass is 79.9. The summed E-state index contributed by atoms with van der Waals surface area (Å²) >= 11 is 3.51. The zero-order valence-corrected chi connectivity index (χ0v) is 12.4. The van der Waals surface area contributed by atoms with Crippen LogP contribution in [0.5, 0.6) is 0 Å². The quantitative estimate of drug-likeness (QED) is 0.939. The van der Waals surface area contributed by atoms with Gasteiger partial charge in [-0.05, 0) is 48.3 Å². The van der Waals surface area contributed by atoms with Crippen LogP contribution in [-0.4, -0.2) is 20.9 Å². The monoisotopic (exact) mass is 322 g/mol. The first-order valence-corrected chi connectivity index (χ1v) is 6.81. The Morgan fingerprint density at radius 1 is 1.32 bits per heavy atom. The molecule has 0 amide bonds. The fraction of sp³-hybridized carbons (Fsp3) is 0.286. The third-order valence-corrected chi connectivity index (χ3v) is 3.80. The average Bonchev–Trinajstić information content (AvgIpc) is 2.63. The summed E-state index contributed by atoms with van der Waals surface area (Å²) in [6.07, 6.45) is 0.590. The van der Waals surface area contributed by atoms with E-state index in [1.807, 2.05) is 38.1 Å². The number of hydrogen-bond donors (Lipinski definition) is 1. The predicted molar refractivity (Wildman–Crippen MR) is 76.7 cm³/mol. The van der Waals surface area contributed by atoms with Crippen LogP contribution in [0.3, 0.4) is 0 Å². The predicted octanol–water partition coefficient (Wildman–Crippen LogP) is 3.27. The summed E-state index contributed by atoms with van der Waals surface area (Å²) in [6.45, 7) is 3.93. The van der Waals surface area contributed by atoms with Crippen molar-refractivity contribution >= 4 is 21.9 Å². The Bertz CT molecular complexity index is 603. The second kappa shape index (κ2) is 5.57. The summed E-state index contributed by atoms with van der Waals surface area (Å²) in [5.41, 5.74) is 3.95. The van der Waals surface area contributed by atoms with Crippen molar-refractivity contribution in [2.75, 3.05) is 0 Å². The van der Waals surface area contributed by atoms with Crippen LogP contribution >= 0.6 is 15.9 Å². The minimum Gasteiger partial charge on any atom is -0.481 e. The highest BCUT2D eigenvalue weighted by molar-refractivity contribution is 9.10. The first kappa shape index (κ1) is 13.8. The molecule has 2 aromatic rings. The summed E-state index contributed by atoms with van der Waals surface area (Å²) in [5.74, 6) is -0.797. The molecule has 0 saturated heterocycles. The van der Waals surface area contributed by atoms with Crippen molar-refractivity contribution in [3.05, 3.63) is 45.7 Å². The van der Waals surface area contributed by atoms with Gasteiger partial charge in [-0.1, -0.05) is 17.7 Å². The summed E-state index contributed by atoms with van der Waals surface area (Å²) in [7, 11) is 0. The minimum atomic E-state index is -0.797. The molecule has 0 spiro atoms. The molecule has 0 fully saturated rings. The Morgan fingerprint density at radius 2 is 1.95 bits per heavy atom. The van der Waals surface area contributed by atoms with Gasteiger partial charge < -0.3 is 5.11 Å². The molecule has 0 atom stereocenters. The Kier molecular flexibility index (Phi) is 4.04. The lowest BCUT2D eigenvalue weighted by Crippen LogP contribution is -1.99. The van der Waals surface area contributed by atoms with E-state index in [4.69, 9.17) is 5.11 Å². The summed E-state index contributed by atoms with van der Waals surface area (Å²) in [6, 6.07) is 8.03. The Balaban J connectivity index is 2.35. The zero-order valence-electron chi connectivity index (χ0n) is 10.9. The molecule has 5 heteroatoms. The lowest BCUT2D eigenvalue weighted by atomic mass is 10.1. The van der Waals surface area contributed by atoms with Crippen molar-refractivity contribution in [2.24, 2.45) is 0 Å². The topological polar surface area (TPSA) is 55.1 Å². The van der Waals surface area contributed by atoms with Crippen molar-refractivity contribution in [2.45, 2.75) is 26.7 Å². The number of nitrogens with zero attached hydrogens (tertiary/aromatic N) is 2. The zero-order chi connectivity index (χ0) is 14.0. The Hall–Kier alpha value is -1.62. The number of carboxylic acid groups (broad SMARTS) is 1. The van der Waals surface area contributed by atoms with Crippen LogP contribution in [0.15, 0.2) is 28.9 Å². The van der Waals surface area contributed by atoms with Crippen molar-refractivity contribution in [3.8, 4) is 5.69 Å². The fourth-order valence-corrected chi connectivity index (χ4v) is 2.67. The molecular formula is C14H15BrN2O2. The van der Waals surface area contributed by atoms with Gasteiger partial charge in [0.25, 0.3) is 0 Å². The number of benzene rings is 1. The van der Waals surface area contributed by atoms with E-state index < -0.39 is 5.97 Å². The maximum atomic E-state index is 10.7. The molecule has 0 bridgehead atoms. The Labute approximate surface area is 120 Å². The van der Waals surface area contributed by atoms with Crippen LogP contribution in [0.4, 0.5) is 0 Å². The van der Waals surface area contributed by atoms with Crippen molar-refractivity contribution in [3.63, 3.8) is 0 Å². The van der Waals surface area contributed by atoms with E-state index in [9.17, 15) is 4.79 Å². The second-order valence-corrected chi connectivity index (χ2v) is 5.25. The van der Waals surface area contributed by atoms with E-state index in [1.165, 1.54) is 5.56 Å². The minimum absolute atomic E-state index is 0.110. The summed E-state index contributed by atoms with van der Waals surface area (Å²) < 4.78 is 2.63. The smallest absolute Gasteiger partial charge is 0.303 e. The van der Waals surface area contributed by atoms with Gasteiger partial charge in [0.15, 0.2) is 0 Å². The number of halogens is 1. The van der Waals surface area contributed by atoms with E-state index in [0.29, 0.717) is 6.42 Å². The summed E-state index contributed by atoms with van der Waals surface area (Å²) in [4.78, 5) is 10.7. The number of aryl methyl sites for hydroxylation is 2. The van der Waals surface area contributed by atoms with Gasteiger partial charge in [-0.15, -0.1) is 0 Å². The van der Waals surface area contributed by atoms with E-state index in [2.05, 4.69) is 21.0 Å². The van der Waals surface area contributed by atoms with E-state index >= 15 is 0 Å². The van der Waals surface area contributed by atoms with Crippen molar-refractivity contribution in [1.29, 1.82) is 0 Å². The molecule has 1 heterocycles. The van der Waals surface area contributed by atoms with Crippen LogP contribution in [0.2, 0.25) is 0 Å². The van der Waals surface area contributed by atoms with Crippen LogP contribution in [0.1, 0.15) is 23.2 Å². The molecule has 0 unspecified atom stereocenters. The standard InChI is InChI=1S/C14H15BrN2O2/c1-9-3-5-11(6-4-9)17-14(15)12(10(2)16-17)7-8-13(18)19/h3-6H,7-8H2,1-2H3,(H,18,19). The van der Waals surface area contributed by atoms with Gasteiger partial charge >= 0.3 is 5.97 Å². The molecular weight excluding hydrogens is 308 g/mol. The van der Waals surface area contributed by atoms with Gasteiger partial charge in [0.1, 0.15) is 4.60 Å². The number of rotatable bonds is 4. The maximum absolute atomic E-state index is 10.7. The fourth-order valence-electron chi connectivity index (χ4n) is 1.90. The van der Waals surface area contributed by atoms with E-state index in [-0.39, 0.29) is 6.42 Å². The average molecular weight is 323 g/mol. The normalized spacial score (nSPS) is 10.7. The number of aromatic nitrogens is 2. The number of hydrogen-bond acceptors (Lipinski definition) is 2. The molecule has 0 saturated carbocycles. The van der Waals surface area contributed by atoms with E-state index in [0.717, 1.165) is 21.5 Å². The lowest BCUT2D eigenvalue weighted by molar-refractivity contribution is -0.136. The molecule has 0 aliphatic carbocycles. The lowest BCUT2D eigenvalue weighted by Gasteiger charge is -2.04. The van der Waals surface area contributed by atoms with Gasteiger partial charge in [0.2, 0.25) is 0 Å². The SMILES string of the molecule is Cc1ccc(-n2nc(C)c(CCC(=O)O)c2Br)cc1. The van der Waals surface area contributed by atoms with E-state index in [1.54, 1.807) is 4.68 Å². The molecule has 4 nitrogen and oxygen atoms in total. The van der Waals surface area contributed by atoms with Crippen LogP contribution < -0.4 is 0 Å². The third-order valence-electron chi connectivity index (χ3n) is 2.99. The molecule has 0 aliphatic rings. The molecule has 19 heavy (non-hydrogen) atoms. The third kappa shape index (κ3) is 3.04. The van der Waals surface area contributed by atoms with Crippen LogP contribution in [0, 0.1) is 13.8 Å². The Morgan fingerprint density at radius 3 is 2.53 bits per heavy atom. The van der Waals surface area contributed by atoms with Crippen LogP contribution in [0.25, 0.3) is 5.69 Å². The summed E-state index contributed by atoms with van der Waals surface area (Å²) in [5, 5.41) is 13.2. The molecule has 2 rings (SSSR count). The number of aliphatic carboxylic acids is 1. The molecule has 0 aliphatic heterocycles. The number of carboxylic acids is 1. The van der Waals surface area contributed by atoms with Gasteiger partial charge in [0.05, 0.1) is 11.4 Å². The first-order valence-electron chi connectivity index (χ1n) is 6.02. The molecule has 1 N–H and O–H groups in total. The van der Waals surface area contributed by atoms with Crippen molar-refractivity contribution in [1.82, 2.24) is 9.78 Å². The van der Waals surface area contributed by atoms with Gasteiger partial charge in [0, 0.05) is 12.0 Å². The molecule has 0 radical (unpaired) electrons.